The van der Waals surface area contributed by atoms with Crippen LogP contribution in [0.1, 0.15) is 84.5 Å². The van der Waals surface area contributed by atoms with E-state index in [0.717, 1.165) is 22.3 Å². The Bertz CT molecular complexity index is 2180. The summed E-state index contributed by atoms with van der Waals surface area (Å²) in [5.41, 5.74) is 5.94. The second kappa shape index (κ2) is 16.9. The van der Waals surface area contributed by atoms with Crippen molar-refractivity contribution in [3.63, 3.8) is 0 Å². The lowest BCUT2D eigenvalue weighted by atomic mass is 9.77. The molecule has 0 unspecified atom stereocenters. The van der Waals surface area contributed by atoms with Crippen LogP contribution in [0.4, 0.5) is 4.79 Å². The fourth-order valence-electron chi connectivity index (χ4n) is 6.89. The van der Waals surface area contributed by atoms with Gasteiger partial charge in [-0.15, -0.1) is 0 Å². The van der Waals surface area contributed by atoms with Crippen LogP contribution in [0.2, 0.25) is 0 Å². The first-order valence-corrected chi connectivity index (χ1v) is 18.8. The minimum atomic E-state index is -1.00. The molecule has 0 radical (unpaired) electrons. The predicted octanol–water partition coefficient (Wildman–Crippen LogP) is 11.6. The number of hydrogen-bond donors (Lipinski definition) is 0. The molecule has 0 bridgehead atoms. The van der Waals surface area contributed by atoms with Crippen LogP contribution < -0.4 is 9.47 Å². The third kappa shape index (κ3) is 8.27. The predicted molar refractivity (Wildman–Crippen MR) is 219 cm³/mol. The maximum Gasteiger partial charge on any atom is 0.519 e. The zero-order valence-corrected chi connectivity index (χ0v) is 32.6. The topological polar surface area (TPSA) is 88.1 Å². The highest BCUT2D eigenvalue weighted by molar-refractivity contribution is 5.99. The summed E-state index contributed by atoms with van der Waals surface area (Å²) in [7, 11) is 0. The van der Waals surface area contributed by atoms with Crippen molar-refractivity contribution in [1.29, 1.82) is 0 Å². The van der Waals surface area contributed by atoms with Crippen molar-refractivity contribution in [3.8, 4) is 33.8 Å². The molecule has 0 aliphatic rings. The monoisotopic (exact) mass is 746 g/mol. The molecule has 6 aromatic carbocycles. The van der Waals surface area contributed by atoms with Crippen molar-refractivity contribution >= 4 is 18.1 Å². The SMILES string of the molecule is CCOC(=O)c1ccccc1-c1cc(C(C)(C)c2ccccc2)ccc1OC(=O)Oc1ccc(C(C)(C)c2ccccc2)cc1-c1ccccc1C(=O)OCC. The molecular formula is C49H46O7. The van der Waals surface area contributed by atoms with Gasteiger partial charge in [0.25, 0.3) is 0 Å². The summed E-state index contributed by atoms with van der Waals surface area (Å²) in [5.74, 6) is -0.607. The minimum absolute atomic E-state index is 0.190. The van der Waals surface area contributed by atoms with E-state index in [4.69, 9.17) is 18.9 Å². The highest BCUT2D eigenvalue weighted by atomic mass is 16.7. The Labute approximate surface area is 328 Å². The van der Waals surface area contributed by atoms with Crippen LogP contribution in [0.5, 0.6) is 11.5 Å². The first kappa shape index (κ1) is 39.2. The van der Waals surface area contributed by atoms with Crippen molar-refractivity contribution in [2.75, 3.05) is 13.2 Å². The van der Waals surface area contributed by atoms with Gasteiger partial charge in [-0.3, -0.25) is 0 Å². The molecule has 0 fully saturated rings. The first-order chi connectivity index (χ1) is 26.9. The van der Waals surface area contributed by atoms with Gasteiger partial charge >= 0.3 is 18.1 Å². The number of esters is 2. The van der Waals surface area contributed by atoms with E-state index in [9.17, 15) is 14.4 Å². The third-order valence-electron chi connectivity index (χ3n) is 10.2. The van der Waals surface area contributed by atoms with E-state index < -0.39 is 28.9 Å². The summed E-state index contributed by atoms with van der Waals surface area (Å²) in [5, 5.41) is 0. The lowest BCUT2D eigenvalue weighted by Gasteiger charge is -2.28. The third-order valence-corrected chi connectivity index (χ3v) is 10.2. The molecule has 0 N–H and O–H groups in total. The lowest BCUT2D eigenvalue weighted by Crippen LogP contribution is -2.20. The number of ether oxygens (including phenoxy) is 4. The molecule has 0 aliphatic heterocycles. The molecule has 7 heteroatoms. The van der Waals surface area contributed by atoms with Crippen molar-refractivity contribution in [2.24, 2.45) is 0 Å². The molecule has 0 saturated heterocycles. The molecule has 0 amide bonds. The van der Waals surface area contributed by atoms with Gasteiger partial charge < -0.3 is 18.9 Å². The van der Waals surface area contributed by atoms with E-state index in [1.165, 1.54) is 0 Å². The number of carbonyl (C=O) groups is 3. The molecule has 0 heterocycles. The second-order valence-corrected chi connectivity index (χ2v) is 14.4. The molecule has 6 aromatic rings. The molecule has 0 saturated carbocycles. The zero-order valence-electron chi connectivity index (χ0n) is 32.6. The minimum Gasteiger partial charge on any atom is -0.462 e. The van der Waals surface area contributed by atoms with Crippen LogP contribution in [-0.4, -0.2) is 31.3 Å². The van der Waals surface area contributed by atoms with Crippen LogP contribution in [0.25, 0.3) is 22.3 Å². The molecule has 0 aromatic heterocycles. The summed E-state index contributed by atoms with van der Waals surface area (Å²) in [6.45, 7) is 12.4. The van der Waals surface area contributed by atoms with E-state index in [1.807, 2.05) is 72.8 Å². The van der Waals surface area contributed by atoms with Crippen LogP contribution in [0.15, 0.2) is 146 Å². The molecule has 0 spiro atoms. The number of rotatable bonds is 12. The van der Waals surface area contributed by atoms with Gasteiger partial charge in [0.05, 0.1) is 24.3 Å². The molecular weight excluding hydrogens is 701 g/mol. The first-order valence-electron chi connectivity index (χ1n) is 18.8. The van der Waals surface area contributed by atoms with Gasteiger partial charge in [0, 0.05) is 22.0 Å². The van der Waals surface area contributed by atoms with E-state index in [2.05, 4.69) is 52.0 Å². The Kier molecular flexibility index (Phi) is 11.8. The summed E-state index contributed by atoms with van der Waals surface area (Å²) >= 11 is 0. The Morgan fingerprint density at radius 2 is 0.786 bits per heavy atom. The summed E-state index contributed by atoms with van der Waals surface area (Å²) < 4.78 is 22.9. The molecule has 0 aliphatic carbocycles. The largest absolute Gasteiger partial charge is 0.519 e. The fourth-order valence-corrected chi connectivity index (χ4v) is 6.89. The second-order valence-electron chi connectivity index (χ2n) is 14.4. The highest BCUT2D eigenvalue weighted by Crippen LogP contribution is 2.42. The van der Waals surface area contributed by atoms with Gasteiger partial charge in [-0.05, 0) is 83.6 Å². The highest BCUT2D eigenvalue weighted by Gasteiger charge is 2.29. The number of carbonyl (C=O) groups excluding carboxylic acids is 3. The number of hydrogen-bond acceptors (Lipinski definition) is 7. The van der Waals surface area contributed by atoms with Gasteiger partial charge in [-0.2, -0.15) is 0 Å². The van der Waals surface area contributed by atoms with E-state index in [-0.39, 0.29) is 24.7 Å². The maximum atomic E-state index is 14.0. The van der Waals surface area contributed by atoms with E-state index in [0.29, 0.717) is 33.4 Å². The smallest absolute Gasteiger partial charge is 0.462 e. The normalized spacial score (nSPS) is 11.4. The molecule has 56 heavy (non-hydrogen) atoms. The number of benzene rings is 6. The quantitative estimate of drug-likeness (QED) is 0.0910. The summed E-state index contributed by atoms with van der Waals surface area (Å²) in [4.78, 5) is 40.4. The van der Waals surface area contributed by atoms with E-state index in [1.54, 1.807) is 62.4 Å². The Morgan fingerprint density at radius 1 is 0.429 bits per heavy atom. The van der Waals surface area contributed by atoms with E-state index >= 15 is 0 Å². The van der Waals surface area contributed by atoms with Gasteiger partial charge in [-0.1, -0.05) is 137 Å². The van der Waals surface area contributed by atoms with Crippen LogP contribution >= 0.6 is 0 Å². The Balaban J connectivity index is 1.44. The van der Waals surface area contributed by atoms with Crippen LogP contribution in [0, 0.1) is 0 Å². The molecule has 7 nitrogen and oxygen atoms in total. The van der Waals surface area contributed by atoms with Crippen molar-refractivity contribution < 1.29 is 33.3 Å². The van der Waals surface area contributed by atoms with Crippen molar-refractivity contribution in [3.05, 3.63) is 179 Å². The summed E-state index contributed by atoms with van der Waals surface area (Å²) in [6, 6.07) is 45.5. The van der Waals surface area contributed by atoms with Gasteiger partial charge in [0.1, 0.15) is 11.5 Å². The lowest BCUT2D eigenvalue weighted by molar-refractivity contribution is 0.0517. The van der Waals surface area contributed by atoms with Crippen molar-refractivity contribution in [1.82, 2.24) is 0 Å². The van der Waals surface area contributed by atoms with Crippen LogP contribution in [-0.2, 0) is 20.3 Å². The van der Waals surface area contributed by atoms with Crippen LogP contribution in [0.3, 0.4) is 0 Å². The summed E-state index contributed by atoms with van der Waals surface area (Å²) in [6.07, 6.45) is -1.00. The molecule has 0 atom stereocenters. The van der Waals surface area contributed by atoms with Gasteiger partial charge in [0.15, 0.2) is 0 Å². The fraction of sp³-hybridized carbons (Fsp3) is 0.204. The van der Waals surface area contributed by atoms with Crippen molar-refractivity contribution in [2.45, 2.75) is 52.4 Å². The average molecular weight is 747 g/mol. The zero-order chi connectivity index (χ0) is 39.9. The van der Waals surface area contributed by atoms with Gasteiger partial charge in [0.2, 0.25) is 0 Å². The standard InChI is InChI=1S/C49H46O7/c1-7-53-45(50)39-25-17-15-23-37(39)41-31-35(48(3,4)33-19-11-9-12-20-33)27-29-43(41)55-47(52)56-44-30-28-36(49(5,6)34-21-13-10-14-22-34)32-42(44)38-24-16-18-26-40(38)46(51)54-8-2/h9-32H,7-8H2,1-6H3. The molecule has 284 valence electrons. The molecule has 6 rings (SSSR count). The Morgan fingerprint density at radius 3 is 1.16 bits per heavy atom. The maximum absolute atomic E-state index is 14.0. The average Bonchev–Trinajstić information content (AvgIpc) is 3.22. The van der Waals surface area contributed by atoms with Gasteiger partial charge in [-0.25, -0.2) is 14.4 Å². The Hall–Kier alpha value is -6.47.